The molecule has 3 aromatic rings. The standard InChI is InChI=1S/C15H11N3O3S/c1-9(19)13-8-16-15(22-13)17-14(20)11-7-12(21-18-11)10-5-3-2-4-6-10/h2-8,19H,1H2,(H,16,17,20). The lowest BCUT2D eigenvalue weighted by Crippen LogP contribution is -2.11. The van der Waals surface area contributed by atoms with Crippen LogP contribution in [0, 0.1) is 0 Å². The van der Waals surface area contributed by atoms with E-state index in [4.69, 9.17) is 4.52 Å². The predicted molar refractivity (Wildman–Crippen MR) is 83.7 cm³/mol. The van der Waals surface area contributed by atoms with Crippen molar-refractivity contribution in [1.29, 1.82) is 0 Å². The lowest BCUT2D eigenvalue weighted by Gasteiger charge is -1.96. The molecule has 0 radical (unpaired) electrons. The molecule has 0 saturated carbocycles. The van der Waals surface area contributed by atoms with Crippen LogP contribution in [0.2, 0.25) is 0 Å². The van der Waals surface area contributed by atoms with Crippen LogP contribution in [0.4, 0.5) is 5.13 Å². The maximum absolute atomic E-state index is 12.1. The van der Waals surface area contributed by atoms with Crippen LogP contribution < -0.4 is 5.32 Å². The number of rotatable bonds is 4. The Labute approximate surface area is 129 Å². The number of carbonyl (C=O) groups is 1. The van der Waals surface area contributed by atoms with Crippen molar-refractivity contribution in [1.82, 2.24) is 10.1 Å². The number of thiazole rings is 1. The number of anilines is 1. The highest BCUT2D eigenvalue weighted by atomic mass is 32.1. The first-order valence-electron chi connectivity index (χ1n) is 6.31. The SMILES string of the molecule is C=C(O)c1cnc(NC(=O)c2cc(-c3ccccc3)on2)s1. The van der Waals surface area contributed by atoms with Crippen LogP contribution in [0.15, 0.2) is 53.7 Å². The van der Waals surface area contributed by atoms with E-state index in [1.807, 2.05) is 30.3 Å². The number of aromatic nitrogens is 2. The molecule has 6 nitrogen and oxygen atoms in total. The van der Waals surface area contributed by atoms with Gasteiger partial charge in [0.25, 0.3) is 5.91 Å². The lowest BCUT2D eigenvalue weighted by atomic mass is 10.1. The summed E-state index contributed by atoms with van der Waals surface area (Å²) < 4.78 is 5.17. The van der Waals surface area contributed by atoms with Crippen molar-refractivity contribution in [3.8, 4) is 11.3 Å². The summed E-state index contributed by atoms with van der Waals surface area (Å²) in [7, 11) is 0. The van der Waals surface area contributed by atoms with Crippen molar-refractivity contribution >= 4 is 28.1 Å². The number of hydrogen-bond donors (Lipinski definition) is 2. The van der Waals surface area contributed by atoms with Crippen molar-refractivity contribution in [2.45, 2.75) is 0 Å². The van der Waals surface area contributed by atoms with Crippen LogP contribution >= 0.6 is 11.3 Å². The van der Waals surface area contributed by atoms with Crippen molar-refractivity contribution in [3.63, 3.8) is 0 Å². The first kappa shape index (κ1) is 14.0. The Balaban J connectivity index is 1.75. The van der Waals surface area contributed by atoms with Gasteiger partial charge in [0.05, 0.1) is 11.1 Å². The fourth-order valence-electron chi connectivity index (χ4n) is 1.75. The quantitative estimate of drug-likeness (QED) is 0.719. The predicted octanol–water partition coefficient (Wildman–Crippen LogP) is 3.58. The van der Waals surface area contributed by atoms with Gasteiger partial charge in [0.2, 0.25) is 0 Å². The fraction of sp³-hybridized carbons (Fsp3) is 0. The molecule has 22 heavy (non-hydrogen) atoms. The number of carbonyl (C=O) groups excluding carboxylic acids is 1. The van der Waals surface area contributed by atoms with E-state index in [1.54, 1.807) is 6.07 Å². The molecule has 0 saturated heterocycles. The maximum atomic E-state index is 12.1. The minimum Gasteiger partial charge on any atom is -0.507 e. The normalized spacial score (nSPS) is 10.4. The van der Waals surface area contributed by atoms with Gasteiger partial charge in [0.15, 0.2) is 16.6 Å². The van der Waals surface area contributed by atoms with E-state index in [0.29, 0.717) is 15.8 Å². The van der Waals surface area contributed by atoms with E-state index < -0.39 is 5.91 Å². The van der Waals surface area contributed by atoms with Gasteiger partial charge in [-0.1, -0.05) is 53.4 Å². The second-order valence-corrected chi connectivity index (χ2v) is 5.40. The molecular formula is C15H11N3O3S. The van der Waals surface area contributed by atoms with Gasteiger partial charge in [-0.15, -0.1) is 0 Å². The molecule has 0 aliphatic heterocycles. The molecule has 0 fully saturated rings. The van der Waals surface area contributed by atoms with Gasteiger partial charge in [0, 0.05) is 11.6 Å². The van der Waals surface area contributed by atoms with Gasteiger partial charge in [-0.05, 0) is 0 Å². The Hall–Kier alpha value is -2.93. The third kappa shape index (κ3) is 2.89. The van der Waals surface area contributed by atoms with Crippen molar-refractivity contribution in [3.05, 3.63) is 59.7 Å². The monoisotopic (exact) mass is 313 g/mol. The van der Waals surface area contributed by atoms with Gasteiger partial charge < -0.3 is 9.63 Å². The topological polar surface area (TPSA) is 88.3 Å². The Morgan fingerprint density at radius 3 is 2.77 bits per heavy atom. The average molecular weight is 313 g/mol. The van der Waals surface area contributed by atoms with Gasteiger partial charge >= 0.3 is 0 Å². The Bertz CT molecular complexity index is 823. The number of benzene rings is 1. The van der Waals surface area contributed by atoms with Crippen molar-refractivity contribution in [2.24, 2.45) is 0 Å². The molecular weight excluding hydrogens is 302 g/mol. The van der Waals surface area contributed by atoms with Crippen molar-refractivity contribution < 1.29 is 14.4 Å². The Morgan fingerprint density at radius 2 is 2.09 bits per heavy atom. The lowest BCUT2D eigenvalue weighted by molar-refractivity contribution is 0.101. The summed E-state index contributed by atoms with van der Waals surface area (Å²) in [6.45, 7) is 3.40. The number of nitrogens with zero attached hydrogens (tertiary/aromatic N) is 2. The zero-order valence-corrected chi connectivity index (χ0v) is 12.1. The molecule has 0 aliphatic rings. The molecule has 3 rings (SSSR count). The molecule has 0 bridgehead atoms. The van der Waals surface area contributed by atoms with Crippen LogP contribution in [0.1, 0.15) is 15.4 Å². The molecule has 0 unspecified atom stereocenters. The van der Waals surface area contributed by atoms with Gasteiger partial charge in [-0.3, -0.25) is 10.1 Å². The molecule has 2 heterocycles. The van der Waals surface area contributed by atoms with E-state index in [9.17, 15) is 9.90 Å². The van der Waals surface area contributed by atoms with Crippen LogP contribution in [0.5, 0.6) is 0 Å². The third-order valence-corrected chi connectivity index (χ3v) is 3.77. The number of nitrogens with one attached hydrogen (secondary N) is 1. The maximum Gasteiger partial charge on any atom is 0.279 e. The summed E-state index contributed by atoms with van der Waals surface area (Å²) in [5.41, 5.74) is 0.987. The summed E-state index contributed by atoms with van der Waals surface area (Å²) in [4.78, 5) is 16.5. The average Bonchev–Trinajstić information content (AvgIpc) is 3.17. The Kier molecular flexibility index (Phi) is 3.71. The summed E-state index contributed by atoms with van der Waals surface area (Å²) in [5.74, 6) is -0.0181. The van der Waals surface area contributed by atoms with Gasteiger partial charge in [-0.25, -0.2) is 4.98 Å². The zero-order chi connectivity index (χ0) is 15.5. The van der Waals surface area contributed by atoms with Crippen LogP contribution in [-0.4, -0.2) is 21.2 Å². The summed E-state index contributed by atoms with van der Waals surface area (Å²) in [6.07, 6.45) is 1.43. The third-order valence-electron chi connectivity index (χ3n) is 2.81. The molecule has 0 atom stereocenters. The van der Waals surface area contributed by atoms with E-state index in [-0.39, 0.29) is 11.5 Å². The largest absolute Gasteiger partial charge is 0.507 e. The molecule has 1 aromatic carbocycles. The molecule has 7 heteroatoms. The fourth-order valence-corrected chi connectivity index (χ4v) is 2.43. The second kappa shape index (κ2) is 5.82. The smallest absolute Gasteiger partial charge is 0.279 e. The van der Waals surface area contributed by atoms with E-state index in [1.165, 1.54) is 6.20 Å². The highest BCUT2D eigenvalue weighted by Gasteiger charge is 2.15. The number of hydrogen-bond acceptors (Lipinski definition) is 6. The highest BCUT2D eigenvalue weighted by Crippen LogP contribution is 2.24. The number of amides is 1. The first-order valence-corrected chi connectivity index (χ1v) is 7.12. The van der Waals surface area contributed by atoms with Crippen LogP contribution in [0.3, 0.4) is 0 Å². The Morgan fingerprint density at radius 1 is 1.32 bits per heavy atom. The van der Waals surface area contributed by atoms with E-state index >= 15 is 0 Å². The molecule has 110 valence electrons. The molecule has 1 amide bonds. The van der Waals surface area contributed by atoms with Crippen LogP contribution in [-0.2, 0) is 0 Å². The molecule has 0 aliphatic carbocycles. The van der Waals surface area contributed by atoms with Gasteiger partial charge in [0.1, 0.15) is 5.76 Å². The number of aliphatic hydroxyl groups excluding tert-OH is 1. The number of aliphatic hydroxyl groups is 1. The van der Waals surface area contributed by atoms with E-state index in [2.05, 4.69) is 22.0 Å². The summed E-state index contributed by atoms with van der Waals surface area (Å²) in [5, 5.41) is 15.9. The minimum absolute atomic E-state index is 0.0919. The summed E-state index contributed by atoms with van der Waals surface area (Å²) >= 11 is 1.12. The molecule has 2 N–H and O–H groups in total. The molecule has 2 aromatic heterocycles. The zero-order valence-electron chi connectivity index (χ0n) is 11.3. The van der Waals surface area contributed by atoms with Crippen LogP contribution in [0.25, 0.3) is 17.1 Å². The summed E-state index contributed by atoms with van der Waals surface area (Å²) in [6, 6.07) is 10.9. The minimum atomic E-state index is -0.435. The van der Waals surface area contributed by atoms with Crippen molar-refractivity contribution in [2.75, 3.05) is 5.32 Å². The molecule has 0 spiro atoms. The first-order chi connectivity index (χ1) is 10.6. The van der Waals surface area contributed by atoms with Gasteiger partial charge in [-0.2, -0.15) is 0 Å². The highest BCUT2D eigenvalue weighted by molar-refractivity contribution is 7.16. The van der Waals surface area contributed by atoms with E-state index in [0.717, 1.165) is 16.9 Å². The second-order valence-electron chi connectivity index (χ2n) is 4.37.